The van der Waals surface area contributed by atoms with E-state index in [4.69, 9.17) is 4.74 Å². The van der Waals surface area contributed by atoms with Crippen LogP contribution < -0.4 is 0 Å². The van der Waals surface area contributed by atoms with Crippen LogP contribution in [0.15, 0.2) is 0 Å². The summed E-state index contributed by atoms with van der Waals surface area (Å²) in [6.45, 7) is 10.7. The molecule has 1 aliphatic carbocycles. The fourth-order valence-corrected chi connectivity index (χ4v) is 3.47. The van der Waals surface area contributed by atoms with Gasteiger partial charge in [-0.15, -0.1) is 0 Å². The summed E-state index contributed by atoms with van der Waals surface area (Å²) in [6.07, 6.45) is 5.09. The standard InChI is InChI=1S/C17H32N2O3/c1-14-12-18(15(20)22-16(2,3)4)10-11-19(14)13-17(21)8-6-5-7-9-17/h14,21H,5-13H2,1-4H3. The maximum atomic E-state index is 12.2. The van der Waals surface area contributed by atoms with E-state index in [1.54, 1.807) is 4.90 Å². The van der Waals surface area contributed by atoms with Crippen molar-refractivity contribution in [3.8, 4) is 0 Å². The van der Waals surface area contributed by atoms with E-state index in [0.717, 1.165) is 38.8 Å². The Kier molecular flexibility index (Phi) is 5.38. The number of rotatable bonds is 2. The Morgan fingerprint density at radius 1 is 1.23 bits per heavy atom. The molecule has 2 rings (SSSR count). The first-order valence-corrected chi connectivity index (χ1v) is 8.63. The Morgan fingerprint density at radius 2 is 1.86 bits per heavy atom. The van der Waals surface area contributed by atoms with Crippen LogP contribution in [0.3, 0.4) is 0 Å². The smallest absolute Gasteiger partial charge is 0.410 e. The first-order valence-electron chi connectivity index (χ1n) is 8.63. The zero-order chi connectivity index (χ0) is 16.4. The first-order chi connectivity index (χ1) is 10.2. The van der Waals surface area contributed by atoms with Crippen molar-refractivity contribution in [1.82, 2.24) is 9.80 Å². The molecule has 1 unspecified atom stereocenters. The molecule has 1 saturated carbocycles. The fourth-order valence-electron chi connectivity index (χ4n) is 3.47. The van der Waals surface area contributed by atoms with E-state index in [2.05, 4.69) is 11.8 Å². The van der Waals surface area contributed by atoms with Crippen LogP contribution in [-0.2, 0) is 4.74 Å². The van der Waals surface area contributed by atoms with Gasteiger partial charge in [-0.2, -0.15) is 0 Å². The molecule has 5 nitrogen and oxygen atoms in total. The highest BCUT2D eigenvalue weighted by Gasteiger charge is 2.36. The SMILES string of the molecule is CC1CN(C(=O)OC(C)(C)C)CCN1CC1(O)CCCCC1. The fraction of sp³-hybridized carbons (Fsp3) is 0.941. The minimum absolute atomic E-state index is 0.227. The van der Waals surface area contributed by atoms with E-state index >= 15 is 0 Å². The monoisotopic (exact) mass is 312 g/mol. The molecule has 1 N–H and O–H groups in total. The number of amides is 1. The molecule has 2 aliphatic rings. The largest absolute Gasteiger partial charge is 0.444 e. The van der Waals surface area contributed by atoms with Gasteiger partial charge in [0.15, 0.2) is 0 Å². The van der Waals surface area contributed by atoms with Crippen LogP contribution in [0.25, 0.3) is 0 Å². The summed E-state index contributed by atoms with van der Waals surface area (Å²) in [4.78, 5) is 16.3. The number of β-amino-alcohol motifs (C(OH)–C–C–N with tert-alkyl or cyclic N) is 1. The summed E-state index contributed by atoms with van der Waals surface area (Å²) in [5.74, 6) is 0. The summed E-state index contributed by atoms with van der Waals surface area (Å²) in [7, 11) is 0. The number of piperazine rings is 1. The number of hydrogen-bond donors (Lipinski definition) is 1. The summed E-state index contributed by atoms with van der Waals surface area (Å²) < 4.78 is 5.45. The van der Waals surface area contributed by atoms with Gasteiger partial charge >= 0.3 is 6.09 Å². The highest BCUT2D eigenvalue weighted by Crippen LogP contribution is 2.30. The van der Waals surface area contributed by atoms with E-state index in [9.17, 15) is 9.90 Å². The molecule has 22 heavy (non-hydrogen) atoms. The van der Waals surface area contributed by atoms with Crippen LogP contribution in [0, 0.1) is 0 Å². The molecule has 128 valence electrons. The Morgan fingerprint density at radius 3 is 2.41 bits per heavy atom. The molecule has 1 atom stereocenters. The summed E-state index contributed by atoms with van der Waals surface area (Å²) >= 11 is 0. The zero-order valence-corrected chi connectivity index (χ0v) is 14.6. The van der Waals surface area contributed by atoms with Crippen molar-refractivity contribution in [2.24, 2.45) is 0 Å². The van der Waals surface area contributed by atoms with Gasteiger partial charge in [-0.1, -0.05) is 19.3 Å². The second-order valence-corrected chi connectivity index (χ2v) is 8.03. The topological polar surface area (TPSA) is 53.0 Å². The van der Waals surface area contributed by atoms with Gasteiger partial charge in [-0.05, 0) is 40.5 Å². The average Bonchev–Trinajstić information content (AvgIpc) is 2.39. The molecule has 0 bridgehead atoms. The second kappa shape index (κ2) is 6.75. The van der Waals surface area contributed by atoms with Gasteiger partial charge in [0.1, 0.15) is 5.60 Å². The van der Waals surface area contributed by atoms with Crippen molar-refractivity contribution in [3.63, 3.8) is 0 Å². The van der Waals surface area contributed by atoms with Crippen LogP contribution in [0.4, 0.5) is 4.79 Å². The van der Waals surface area contributed by atoms with Crippen molar-refractivity contribution in [1.29, 1.82) is 0 Å². The first kappa shape index (κ1) is 17.5. The molecule has 2 fully saturated rings. The Hall–Kier alpha value is -0.810. The van der Waals surface area contributed by atoms with Crippen LogP contribution in [0.5, 0.6) is 0 Å². The predicted octanol–water partition coefficient (Wildman–Crippen LogP) is 2.62. The molecular weight excluding hydrogens is 280 g/mol. The highest BCUT2D eigenvalue weighted by atomic mass is 16.6. The third-order valence-electron chi connectivity index (χ3n) is 4.70. The molecule has 1 amide bonds. The molecule has 1 saturated heterocycles. The van der Waals surface area contributed by atoms with Gasteiger partial charge in [0.2, 0.25) is 0 Å². The molecule has 0 radical (unpaired) electrons. The molecule has 0 aromatic heterocycles. The van der Waals surface area contributed by atoms with Crippen molar-refractivity contribution in [2.45, 2.75) is 77.0 Å². The van der Waals surface area contributed by atoms with Crippen molar-refractivity contribution >= 4 is 6.09 Å². The van der Waals surface area contributed by atoms with E-state index in [-0.39, 0.29) is 12.1 Å². The average molecular weight is 312 g/mol. The number of aliphatic hydroxyl groups is 1. The van der Waals surface area contributed by atoms with Crippen molar-refractivity contribution in [2.75, 3.05) is 26.2 Å². The summed E-state index contributed by atoms with van der Waals surface area (Å²) in [5.41, 5.74) is -0.977. The van der Waals surface area contributed by atoms with Crippen molar-refractivity contribution in [3.05, 3.63) is 0 Å². The third-order valence-corrected chi connectivity index (χ3v) is 4.70. The number of carbonyl (C=O) groups excluding carboxylic acids is 1. The number of hydrogen-bond acceptors (Lipinski definition) is 4. The van der Waals surface area contributed by atoms with Gasteiger partial charge in [-0.3, -0.25) is 4.90 Å². The number of carbonyl (C=O) groups is 1. The van der Waals surface area contributed by atoms with Gasteiger partial charge < -0.3 is 14.7 Å². The number of ether oxygens (including phenoxy) is 1. The predicted molar refractivity (Wildman–Crippen MR) is 86.9 cm³/mol. The van der Waals surface area contributed by atoms with Crippen LogP contribution >= 0.6 is 0 Å². The van der Waals surface area contributed by atoms with Gasteiger partial charge in [-0.25, -0.2) is 4.79 Å². The van der Waals surface area contributed by atoms with E-state index < -0.39 is 11.2 Å². The van der Waals surface area contributed by atoms with Gasteiger partial charge in [0.05, 0.1) is 5.60 Å². The molecular formula is C17H32N2O3. The van der Waals surface area contributed by atoms with Crippen LogP contribution in [-0.4, -0.2) is 64.4 Å². The lowest BCUT2D eigenvalue weighted by molar-refractivity contribution is -0.0507. The molecule has 1 aliphatic heterocycles. The zero-order valence-electron chi connectivity index (χ0n) is 14.6. The van der Waals surface area contributed by atoms with Gasteiger partial charge in [0.25, 0.3) is 0 Å². The Labute approximate surface area is 134 Å². The maximum absolute atomic E-state index is 12.2. The lowest BCUT2D eigenvalue weighted by Crippen LogP contribution is -2.58. The van der Waals surface area contributed by atoms with E-state index in [0.29, 0.717) is 13.1 Å². The van der Waals surface area contributed by atoms with Crippen LogP contribution in [0.1, 0.15) is 59.8 Å². The molecule has 1 heterocycles. The highest BCUT2D eigenvalue weighted by molar-refractivity contribution is 5.68. The minimum Gasteiger partial charge on any atom is -0.444 e. The summed E-state index contributed by atoms with van der Waals surface area (Å²) in [6, 6.07) is 0.257. The Balaban J connectivity index is 1.86. The molecule has 5 heteroatoms. The molecule has 0 aromatic rings. The molecule has 0 spiro atoms. The lowest BCUT2D eigenvalue weighted by atomic mass is 9.84. The quantitative estimate of drug-likeness (QED) is 0.851. The minimum atomic E-state index is -0.527. The third kappa shape index (κ3) is 4.85. The van der Waals surface area contributed by atoms with E-state index in [1.807, 2.05) is 20.8 Å². The maximum Gasteiger partial charge on any atom is 0.410 e. The molecule has 0 aromatic carbocycles. The Bertz CT molecular complexity index is 386. The van der Waals surface area contributed by atoms with Gasteiger partial charge in [0, 0.05) is 32.2 Å². The second-order valence-electron chi connectivity index (χ2n) is 8.03. The summed E-state index contributed by atoms with van der Waals surface area (Å²) in [5, 5.41) is 10.7. The normalized spacial score (nSPS) is 26.8. The lowest BCUT2D eigenvalue weighted by Gasteiger charge is -2.44. The number of nitrogens with zero attached hydrogens (tertiary/aromatic N) is 2. The van der Waals surface area contributed by atoms with Crippen molar-refractivity contribution < 1.29 is 14.6 Å². The van der Waals surface area contributed by atoms with Crippen LogP contribution in [0.2, 0.25) is 0 Å². The van der Waals surface area contributed by atoms with E-state index in [1.165, 1.54) is 6.42 Å².